The van der Waals surface area contributed by atoms with Crippen molar-refractivity contribution in [1.82, 2.24) is 15.0 Å². The highest BCUT2D eigenvalue weighted by Crippen LogP contribution is 2.17. The van der Waals surface area contributed by atoms with Crippen LogP contribution in [0.15, 0.2) is 6.20 Å². The van der Waals surface area contributed by atoms with E-state index in [1.165, 1.54) is 0 Å². The summed E-state index contributed by atoms with van der Waals surface area (Å²) >= 11 is 0. The predicted octanol–water partition coefficient (Wildman–Crippen LogP) is -0.688. The van der Waals surface area contributed by atoms with E-state index in [4.69, 9.17) is 10.2 Å². The molecular weight excluding hydrogens is 172 g/mol. The van der Waals surface area contributed by atoms with Crippen molar-refractivity contribution in [3.05, 3.63) is 11.9 Å². The molecule has 0 aliphatic rings. The Morgan fingerprint density at radius 2 is 2.17 bits per heavy atom. The minimum Gasteiger partial charge on any atom is -0.390 e. The zero-order chi connectivity index (χ0) is 9.19. The Labute approximate surface area is 66.2 Å². The summed E-state index contributed by atoms with van der Waals surface area (Å²) in [5.41, 5.74) is 0.0307. The lowest BCUT2D eigenvalue weighted by Gasteiger charge is -2.11. The van der Waals surface area contributed by atoms with E-state index in [-0.39, 0.29) is 10.4 Å². The van der Waals surface area contributed by atoms with Crippen LogP contribution in [0, 0.1) is 0 Å². The van der Waals surface area contributed by atoms with Crippen molar-refractivity contribution in [2.45, 2.75) is 12.7 Å². The topological polar surface area (TPSA) is 71.2 Å². The van der Waals surface area contributed by atoms with Gasteiger partial charge in [0.1, 0.15) is 12.3 Å². The Balaban J connectivity index is 2.88. The second-order valence-electron chi connectivity index (χ2n) is 2.14. The zero-order valence-corrected chi connectivity index (χ0v) is 5.98. The van der Waals surface area contributed by atoms with E-state index in [1.54, 1.807) is 0 Å². The number of halogens is 2. The minimum absolute atomic E-state index is 0.0307. The van der Waals surface area contributed by atoms with Crippen molar-refractivity contribution < 1.29 is 19.0 Å². The molecule has 0 atom stereocenters. The van der Waals surface area contributed by atoms with E-state index in [9.17, 15) is 8.78 Å². The van der Waals surface area contributed by atoms with Gasteiger partial charge in [0.25, 0.3) is 0 Å². The first-order valence-electron chi connectivity index (χ1n) is 3.11. The summed E-state index contributed by atoms with van der Waals surface area (Å²) in [6.45, 7) is -1.80. The Morgan fingerprint density at radius 1 is 1.50 bits per heavy atom. The molecule has 0 aliphatic heterocycles. The summed E-state index contributed by atoms with van der Waals surface area (Å²) in [4.78, 5) is 0. The van der Waals surface area contributed by atoms with E-state index in [0.717, 1.165) is 6.20 Å². The highest BCUT2D eigenvalue weighted by Gasteiger charge is 2.31. The molecule has 1 aromatic rings. The Bertz CT molecular complexity index is 263. The number of aliphatic hydroxyl groups is 2. The van der Waals surface area contributed by atoms with E-state index < -0.39 is 19.3 Å². The van der Waals surface area contributed by atoms with Crippen LogP contribution in [-0.4, -0.2) is 31.8 Å². The third-order valence-electron chi connectivity index (χ3n) is 1.23. The van der Waals surface area contributed by atoms with Gasteiger partial charge in [-0.1, -0.05) is 5.21 Å². The van der Waals surface area contributed by atoms with Crippen molar-refractivity contribution in [2.75, 3.05) is 6.61 Å². The van der Waals surface area contributed by atoms with Gasteiger partial charge in [0.15, 0.2) is 0 Å². The molecule has 0 bridgehead atoms. The van der Waals surface area contributed by atoms with Crippen LogP contribution in [0.25, 0.3) is 0 Å². The van der Waals surface area contributed by atoms with Gasteiger partial charge in [-0.2, -0.15) is 13.5 Å². The van der Waals surface area contributed by atoms with Crippen LogP contribution >= 0.6 is 0 Å². The van der Waals surface area contributed by atoms with Crippen LogP contribution in [0.3, 0.4) is 0 Å². The standard InChI is InChI=1S/C5H7F2N3O2/c6-5(7,3-12)10-1-4(2-11)8-9-10/h1,11-12H,2-3H2. The summed E-state index contributed by atoms with van der Waals surface area (Å²) in [6.07, 6.45) is 0.871. The van der Waals surface area contributed by atoms with Gasteiger partial charge in [-0.05, 0) is 0 Å². The average Bonchev–Trinajstić information content (AvgIpc) is 2.52. The van der Waals surface area contributed by atoms with Gasteiger partial charge in [-0.15, -0.1) is 5.10 Å². The summed E-state index contributed by atoms with van der Waals surface area (Å²) < 4.78 is 25.3. The molecule has 0 amide bonds. The van der Waals surface area contributed by atoms with Crippen molar-refractivity contribution in [3.8, 4) is 0 Å². The van der Waals surface area contributed by atoms with Gasteiger partial charge in [0, 0.05) is 0 Å². The fourth-order valence-corrected chi connectivity index (χ4v) is 0.603. The van der Waals surface area contributed by atoms with E-state index in [0.29, 0.717) is 0 Å². The molecule has 5 nitrogen and oxygen atoms in total. The number of hydrogen-bond acceptors (Lipinski definition) is 4. The van der Waals surface area contributed by atoms with Gasteiger partial charge in [-0.25, -0.2) is 0 Å². The molecule has 7 heteroatoms. The molecule has 0 aromatic carbocycles. The maximum Gasteiger partial charge on any atom is 0.367 e. The van der Waals surface area contributed by atoms with Crippen LogP contribution < -0.4 is 0 Å². The maximum atomic E-state index is 12.6. The molecule has 0 radical (unpaired) electrons. The molecular formula is C5H7F2N3O2. The minimum atomic E-state index is -3.46. The SMILES string of the molecule is OCc1cn(C(F)(F)CO)nn1. The molecule has 0 aliphatic carbocycles. The maximum absolute atomic E-state index is 12.6. The highest BCUT2D eigenvalue weighted by molar-refractivity contribution is 4.90. The van der Waals surface area contributed by atoms with Gasteiger partial charge >= 0.3 is 6.05 Å². The molecule has 1 rings (SSSR count). The van der Waals surface area contributed by atoms with Crippen LogP contribution in [0.1, 0.15) is 5.69 Å². The number of aliphatic hydroxyl groups excluding tert-OH is 2. The first kappa shape index (κ1) is 9.01. The second kappa shape index (κ2) is 3.11. The normalized spacial score (nSPS) is 12.0. The van der Waals surface area contributed by atoms with Crippen molar-refractivity contribution in [3.63, 3.8) is 0 Å². The Morgan fingerprint density at radius 3 is 2.58 bits per heavy atom. The summed E-state index contributed by atoms with van der Waals surface area (Å²) in [5, 5.41) is 22.9. The highest BCUT2D eigenvalue weighted by atomic mass is 19.3. The molecule has 0 spiro atoms. The van der Waals surface area contributed by atoms with E-state index in [1.807, 2.05) is 0 Å². The summed E-state index contributed by atoms with van der Waals surface area (Å²) in [5.74, 6) is 0. The van der Waals surface area contributed by atoms with Gasteiger partial charge in [0.2, 0.25) is 0 Å². The smallest absolute Gasteiger partial charge is 0.367 e. The van der Waals surface area contributed by atoms with Crippen molar-refractivity contribution >= 4 is 0 Å². The fraction of sp³-hybridized carbons (Fsp3) is 0.600. The van der Waals surface area contributed by atoms with Gasteiger partial charge in [-0.3, -0.25) is 0 Å². The molecule has 68 valence electrons. The monoisotopic (exact) mass is 179 g/mol. The second-order valence-corrected chi connectivity index (χ2v) is 2.14. The molecule has 1 aromatic heterocycles. The molecule has 0 fully saturated rings. The third kappa shape index (κ3) is 1.56. The zero-order valence-electron chi connectivity index (χ0n) is 5.98. The first-order chi connectivity index (χ1) is 5.60. The van der Waals surface area contributed by atoms with Crippen LogP contribution in [0.5, 0.6) is 0 Å². The molecule has 12 heavy (non-hydrogen) atoms. The van der Waals surface area contributed by atoms with Crippen molar-refractivity contribution in [1.29, 1.82) is 0 Å². The largest absolute Gasteiger partial charge is 0.390 e. The molecule has 0 saturated heterocycles. The average molecular weight is 179 g/mol. The lowest BCUT2D eigenvalue weighted by Crippen LogP contribution is -2.27. The number of nitrogens with zero attached hydrogens (tertiary/aromatic N) is 3. The van der Waals surface area contributed by atoms with Gasteiger partial charge in [0.05, 0.1) is 12.8 Å². The Hall–Kier alpha value is -1.08. The number of alkyl halides is 2. The summed E-state index contributed by atoms with van der Waals surface area (Å²) in [6, 6.07) is -3.46. The molecule has 0 unspecified atom stereocenters. The van der Waals surface area contributed by atoms with E-state index in [2.05, 4.69) is 10.3 Å². The Kier molecular flexibility index (Phi) is 2.34. The molecule has 1 heterocycles. The van der Waals surface area contributed by atoms with Crippen molar-refractivity contribution in [2.24, 2.45) is 0 Å². The van der Waals surface area contributed by atoms with Crippen LogP contribution in [-0.2, 0) is 12.7 Å². The lowest BCUT2D eigenvalue weighted by molar-refractivity contribution is -0.131. The summed E-state index contributed by atoms with van der Waals surface area (Å²) in [7, 11) is 0. The number of rotatable bonds is 3. The first-order valence-corrected chi connectivity index (χ1v) is 3.11. The molecule has 2 N–H and O–H groups in total. The molecule has 0 saturated carbocycles. The van der Waals surface area contributed by atoms with E-state index >= 15 is 0 Å². The quantitative estimate of drug-likeness (QED) is 0.644. The fourth-order valence-electron chi connectivity index (χ4n) is 0.603. The lowest BCUT2D eigenvalue weighted by atomic mass is 10.5. The predicted molar refractivity (Wildman–Crippen MR) is 33.2 cm³/mol. The number of aromatic nitrogens is 3. The van der Waals surface area contributed by atoms with Crippen LogP contribution in [0.2, 0.25) is 0 Å². The third-order valence-corrected chi connectivity index (χ3v) is 1.23. The number of hydrogen-bond donors (Lipinski definition) is 2. The van der Waals surface area contributed by atoms with Gasteiger partial charge < -0.3 is 10.2 Å². The van der Waals surface area contributed by atoms with Crippen LogP contribution in [0.4, 0.5) is 8.78 Å².